The Morgan fingerprint density at radius 1 is 1.67 bits per heavy atom. The molecule has 3 nitrogen and oxygen atoms in total. The molecule has 0 fully saturated rings. The maximum atomic E-state index is 13.2. The van der Waals surface area contributed by atoms with Gasteiger partial charge in [0.1, 0.15) is 0 Å². The van der Waals surface area contributed by atoms with Gasteiger partial charge in [0.05, 0.1) is 6.20 Å². The van der Waals surface area contributed by atoms with Gasteiger partial charge in [-0.1, -0.05) is 13.8 Å². The third kappa shape index (κ3) is 1.82. The molecule has 0 radical (unpaired) electrons. The second-order valence-electron chi connectivity index (χ2n) is 3.24. The lowest BCUT2D eigenvalue weighted by Gasteiger charge is -2.04. The van der Waals surface area contributed by atoms with Crippen LogP contribution in [0.4, 0.5) is 4.39 Å². The normalized spacial score (nSPS) is 11.1. The van der Waals surface area contributed by atoms with Crippen LogP contribution in [0.25, 0.3) is 0 Å². The van der Waals surface area contributed by atoms with E-state index in [-0.39, 0.29) is 12.5 Å². The van der Waals surface area contributed by atoms with Crippen LogP contribution in [0.2, 0.25) is 0 Å². The van der Waals surface area contributed by atoms with Crippen molar-refractivity contribution in [2.45, 2.75) is 26.9 Å². The van der Waals surface area contributed by atoms with Gasteiger partial charge in [-0.15, -0.1) is 0 Å². The number of hydrogen-bond donors (Lipinski definition) is 1. The van der Waals surface area contributed by atoms with Crippen LogP contribution in [-0.2, 0) is 13.1 Å². The number of nitrogens with two attached hydrogens (primary N) is 1. The quantitative estimate of drug-likeness (QED) is 0.741. The number of hydrogen-bond acceptors (Lipinski definition) is 2. The van der Waals surface area contributed by atoms with Crippen LogP contribution in [0.3, 0.4) is 0 Å². The molecule has 1 heterocycles. The highest BCUT2D eigenvalue weighted by atomic mass is 19.1. The summed E-state index contributed by atoms with van der Waals surface area (Å²) in [6.07, 6.45) is 1.48. The summed E-state index contributed by atoms with van der Waals surface area (Å²) >= 11 is 0. The zero-order chi connectivity index (χ0) is 9.14. The Morgan fingerprint density at radius 2 is 2.33 bits per heavy atom. The van der Waals surface area contributed by atoms with Gasteiger partial charge >= 0.3 is 0 Å². The lowest BCUT2D eigenvalue weighted by molar-refractivity contribution is 0.399. The molecule has 0 bridgehead atoms. The molecular formula is C8H14FN3. The van der Waals surface area contributed by atoms with Crippen molar-refractivity contribution in [1.82, 2.24) is 9.78 Å². The second-order valence-corrected chi connectivity index (χ2v) is 3.24. The molecule has 12 heavy (non-hydrogen) atoms. The van der Waals surface area contributed by atoms with Gasteiger partial charge in [0.25, 0.3) is 0 Å². The van der Waals surface area contributed by atoms with Crippen molar-refractivity contribution in [3.8, 4) is 0 Å². The van der Waals surface area contributed by atoms with E-state index in [1.54, 1.807) is 0 Å². The first-order valence-corrected chi connectivity index (χ1v) is 4.05. The van der Waals surface area contributed by atoms with Gasteiger partial charge < -0.3 is 5.73 Å². The van der Waals surface area contributed by atoms with E-state index in [1.165, 1.54) is 10.9 Å². The van der Waals surface area contributed by atoms with Crippen molar-refractivity contribution in [3.05, 3.63) is 17.7 Å². The third-order valence-corrected chi connectivity index (χ3v) is 1.60. The van der Waals surface area contributed by atoms with Crippen LogP contribution in [0.5, 0.6) is 0 Å². The van der Waals surface area contributed by atoms with Gasteiger partial charge in [0, 0.05) is 18.7 Å². The molecule has 0 spiro atoms. The fourth-order valence-electron chi connectivity index (χ4n) is 1.02. The van der Waals surface area contributed by atoms with Crippen LogP contribution in [0.15, 0.2) is 6.20 Å². The lowest BCUT2D eigenvalue weighted by atomic mass is 10.2. The largest absolute Gasteiger partial charge is 0.326 e. The van der Waals surface area contributed by atoms with Gasteiger partial charge in [0.15, 0.2) is 0 Å². The van der Waals surface area contributed by atoms with Crippen molar-refractivity contribution >= 4 is 0 Å². The summed E-state index contributed by atoms with van der Waals surface area (Å²) in [5.74, 6) is 0.0937. The maximum Gasteiger partial charge on any atom is 0.215 e. The first-order valence-electron chi connectivity index (χ1n) is 4.05. The average Bonchev–Trinajstić information content (AvgIpc) is 2.32. The van der Waals surface area contributed by atoms with Gasteiger partial charge in [-0.25, -0.2) is 4.68 Å². The van der Waals surface area contributed by atoms with E-state index in [0.717, 1.165) is 0 Å². The molecule has 0 aliphatic carbocycles. The Kier molecular flexibility index (Phi) is 2.81. The first-order chi connectivity index (χ1) is 5.65. The topological polar surface area (TPSA) is 43.8 Å². The van der Waals surface area contributed by atoms with Gasteiger partial charge in [0.2, 0.25) is 5.95 Å². The van der Waals surface area contributed by atoms with Crippen molar-refractivity contribution in [1.29, 1.82) is 0 Å². The van der Waals surface area contributed by atoms with E-state index in [2.05, 4.69) is 5.10 Å². The summed E-state index contributed by atoms with van der Waals surface area (Å²) in [5.41, 5.74) is 5.78. The molecule has 68 valence electrons. The van der Waals surface area contributed by atoms with E-state index in [1.807, 2.05) is 13.8 Å². The predicted octanol–water partition coefficient (Wildman–Crippen LogP) is 1.14. The summed E-state index contributed by atoms with van der Waals surface area (Å²) in [5, 5.41) is 3.89. The Bertz CT molecular complexity index is 255. The van der Waals surface area contributed by atoms with Crippen molar-refractivity contribution < 1.29 is 4.39 Å². The number of aromatic nitrogens is 2. The zero-order valence-corrected chi connectivity index (χ0v) is 7.42. The first kappa shape index (κ1) is 9.19. The number of rotatable bonds is 3. The van der Waals surface area contributed by atoms with Crippen LogP contribution >= 0.6 is 0 Å². The van der Waals surface area contributed by atoms with E-state index in [9.17, 15) is 4.39 Å². The lowest BCUT2D eigenvalue weighted by Crippen LogP contribution is -2.09. The summed E-state index contributed by atoms with van der Waals surface area (Å²) in [6.45, 7) is 4.85. The fourth-order valence-corrected chi connectivity index (χ4v) is 1.02. The molecule has 0 atom stereocenters. The molecule has 0 aliphatic rings. The van der Waals surface area contributed by atoms with Crippen molar-refractivity contribution in [2.24, 2.45) is 11.7 Å². The molecule has 0 aromatic carbocycles. The van der Waals surface area contributed by atoms with Crippen molar-refractivity contribution in [3.63, 3.8) is 0 Å². The van der Waals surface area contributed by atoms with Crippen LogP contribution in [-0.4, -0.2) is 9.78 Å². The summed E-state index contributed by atoms with van der Waals surface area (Å²) in [4.78, 5) is 0. The molecule has 0 aliphatic heterocycles. The molecular weight excluding hydrogens is 157 g/mol. The Morgan fingerprint density at radius 3 is 2.75 bits per heavy atom. The van der Waals surface area contributed by atoms with E-state index >= 15 is 0 Å². The number of nitrogens with zero attached hydrogens (tertiary/aromatic N) is 2. The van der Waals surface area contributed by atoms with E-state index in [0.29, 0.717) is 18.0 Å². The molecule has 1 aromatic heterocycles. The minimum Gasteiger partial charge on any atom is -0.326 e. The van der Waals surface area contributed by atoms with E-state index < -0.39 is 0 Å². The molecule has 4 heteroatoms. The Labute approximate surface area is 71.4 Å². The maximum absolute atomic E-state index is 13.2. The summed E-state index contributed by atoms with van der Waals surface area (Å²) in [6, 6.07) is 0. The summed E-state index contributed by atoms with van der Waals surface area (Å²) in [7, 11) is 0. The SMILES string of the molecule is CC(C)Cn1ncc(CN)c1F. The average molecular weight is 171 g/mol. The molecule has 1 aromatic rings. The zero-order valence-electron chi connectivity index (χ0n) is 7.42. The van der Waals surface area contributed by atoms with Crippen molar-refractivity contribution in [2.75, 3.05) is 0 Å². The highest BCUT2D eigenvalue weighted by Gasteiger charge is 2.08. The molecule has 1 rings (SSSR count). The minimum absolute atomic E-state index is 0.212. The Hall–Kier alpha value is -0.900. The van der Waals surface area contributed by atoms with E-state index in [4.69, 9.17) is 5.73 Å². The van der Waals surface area contributed by atoms with Gasteiger partial charge in [-0.2, -0.15) is 9.49 Å². The fraction of sp³-hybridized carbons (Fsp3) is 0.625. The monoisotopic (exact) mass is 171 g/mol. The number of halogens is 1. The smallest absolute Gasteiger partial charge is 0.215 e. The summed E-state index contributed by atoms with van der Waals surface area (Å²) < 4.78 is 14.6. The van der Waals surface area contributed by atoms with Crippen LogP contribution < -0.4 is 5.73 Å². The van der Waals surface area contributed by atoms with Gasteiger partial charge in [-0.05, 0) is 5.92 Å². The van der Waals surface area contributed by atoms with Crippen LogP contribution in [0.1, 0.15) is 19.4 Å². The highest BCUT2D eigenvalue weighted by molar-refractivity contribution is 5.05. The second kappa shape index (κ2) is 3.67. The standard InChI is InChI=1S/C8H14FN3/c1-6(2)5-12-8(9)7(3-10)4-11-12/h4,6H,3,5,10H2,1-2H3. The molecule has 0 saturated carbocycles. The molecule has 0 saturated heterocycles. The predicted molar refractivity (Wildman–Crippen MR) is 44.9 cm³/mol. The highest BCUT2D eigenvalue weighted by Crippen LogP contribution is 2.07. The minimum atomic E-state index is -0.300. The molecule has 0 amide bonds. The molecule has 0 unspecified atom stereocenters. The molecule has 2 N–H and O–H groups in total. The Balaban J connectivity index is 2.80. The third-order valence-electron chi connectivity index (χ3n) is 1.60. The van der Waals surface area contributed by atoms with Gasteiger partial charge in [-0.3, -0.25) is 0 Å². The van der Waals surface area contributed by atoms with Crippen LogP contribution in [0, 0.1) is 11.9 Å².